The van der Waals surface area contributed by atoms with E-state index in [1.54, 1.807) is 14.0 Å². The third-order valence-electron chi connectivity index (χ3n) is 4.34. The Morgan fingerprint density at radius 3 is 2.00 bits per heavy atom. The van der Waals surface area contributed by atoms with Crippen LogP contribution in [0.4, 0.5) is 0 Å². The minimum absolute atomic E-state index is 0.243. The summed E-state index contributed by atoms with van der Waals surface area (Å²) in [7, 11) is 2.50. The molecule has 0 aromatic carbocycles. The summed E-state index contributed by atoms with van der Waals surface area (Å²) in [4.78, 5) is 11.3. The van der Waals surface area contributed by atoms with Crippen LogP contribution in [0, 0.1) is 12.3 Å². The fourth-order valence-corrected chi connectivity index (χ4v) is 2.24. The van der Waals surface area contributed by atoms with Crippen molar-refractivity contribution in [1.82, 2.24) is 0 Å². The Balaban J connectivity index is 0.00000194. The predicted molar refractivity (Wildman–Crippen MR) is 105 cm³/mol. The van der Waals surface area contributed by atoms with Gasteiger partial charge < -0.3 is 18.8 Å². The Kier molecular flexibility index (Phi) is 10.4. The van der Waals surface area contributed by atoms with E-state index in [9.17, 15) is 4.79 Å². The normalized spacial score (nSPS) is 18.5. The Morgan fingerprint density at radius 2 is 1.62 bits per heavy atom. The molecule has 1 aliphatic heterocycles. The highest BCUT2D eigenvalue weighted by Crippen LogP contribution is 2.40. The molecule has 0 aromatic rings. The summed E-state index contributed by atoms with van der Waals surface area (Å²) < 4.78 is 22.4. The van der Waals surface area contributed by atoms with E-state index in [0.717, 1.165) is 17.7 Å². The molecule has 1 rings (SSSR count). The first-order chi connectivity index (χ1) is 12.1. The Morgan fingerprint density at radius 1 is 1.12 bits per heavy atom. The molecule has 0 atom stereocenters. The fraction of sp³-hybridized carbons (Fsp3) is 0.650. The second kappa shape index (κ2) is 11.1. The molecule has 6 heteroatoms. The van der Waals surface area contributed by atoms with E-state index in [-0.39, 0.29) is 5.97 Å². The van der Waals surface area contributed by atoms with E-state index in [0.29, 0.717) is 12.8 Å². The lowest BCUT2D eigenvalue weighted by molar-refractivity contribution is -0.140. The topological polar surface area (TPSA) is 54.0 Å². The minimum Gasteiger partial charge on any atom is -0.497 e. The smallest absolute Gasteiger partial charge is 0.497 e. The van der Waals surface area contributed by atoms with Gasteiger partial charge in [-0.15, -0.1) is 12.3 Å². The van der Waals surface area contributed by atoms with E-state index in [1.807, 2.05) is 46.8 Å². The molecular weight excluding hydrogens is 331 g/mol. The zero-order chi connectivity index (χ0) is 20.4. The molecule has 1 saturated heterocycles. The Labute approximate surface area is 159 Å². The molecule has 1 fully saturated rings. The van der Waals surface area contributed by atoms with Crippen LogP contribution in [0.5, 0.6) is 0 Å². The van der Waals surface area contributed by atoms with Crippen molar-refractivity contribution in [3.63, 3.8) is 0 Å². The van der Waals surface area contributed by atoms with Crippen molar-refractivity contribution in [3.8, 4) is 12.3 Å². The maximum atomic E-state index is 11.3. The van der Waals surface area contributed by atoms with Gasteiger partial charge in [-0.1, -0.05) is 13.0 Å². The molecule has 0 bridgehead atoms. The van der Waals surface area contributed by atoms with E-state index in [4.69, 9.17) is 14.0 Å². The molecule has 26 heavy (non-hydrogen) atoms. The van der Waals surface area contributed by atoms with Gasteiger partial charge in [0.15, 0.2) is 0 Å². The van der Waals surface area contributed by atoms with Crippen LogP contribution < -0.4 is 0 Å². The summed E-state index contributed by atoms with van der Waals surface area (Å²) >= 11 is 0. The monoisotopic (exact) mass is 364 g/mol. The fourth-order valence-electron chi connectivity index (χ4n) is 2.24. The van der Waals surface area contributed by atoms with Gasteiger partial charge in [-0.3, -0.25) is 4.79 Å². The van der Waals surface area contributed by atoms with Crippen LogP contribution in [-0.2, 0) is 23.6 Å². The highest BCUT2D eigenvalue weighted by Gasteiger charge is 2.53. The summed E-state index contributed by atoms with van der Waals surface area (Å²) in [5.74, 6) is 2.73. The number of esters is 1. The first-order valence-corrected chi connectivity index (χ1v) is 8.84. The zero-order valence-electron chi connectivity index (χ0n) is 17.5. The molecule has 0 N–H and O–H groups in total. The quantitative estimate of drug-likeness (QED) is 0.224. The maximum absolute atomic E-state index is 11.3. The predicted octanol–water partition coefficient (Wildman–Crippen LogP) is 4.08. The summed E-state index contributed by atoms with van der Waals surface area (Å²) in [6.45, 7) is 11.7. The van der Waals surface area contributed by atoms with Crippen molar-refractivity contribution >= 4 is 13.1 Å². The van der Waals surface area contributed by atoms with E-state index >= 15 is 0 Å². The molecule has 0 aromatic heterocycles. The Hall–Kier alpha value is -1.71. The first kappa shape index (κ1) is 24.3. The second-order valence-electron chi connectivity index (χ2n) is 6.83. The van der Waals surface area contributed by atoms with Crippen LogP contribution in [-0.4, -0.2) is 38.5 Å². The lowest BCUT2D eigenvalue weighted by Crippen LogP contribution is -2.41. The largest absolute Gasteiger partial charge is 0.498 e. The number of hydrogen-bond donors (Lipinski definition) is 0. The summed E-state index contributed by atoms with van der Waals surface area (Å²) in [6, 6.07) is 0. The number of ether oxygens (including phenoxy) is 2. The number of rotatable bonds is 7. The molecule has 5 nitrogen and oxygen atoms in total. The molecular formula is C20H33BO5. The average Bonchev–Trinajstić information content (AvgIpc) is 2.78. The first-order valence-electron chi connectivity index (χ1n) is 8.84. The number of methoxy groups -OCH3 is 2. The van der Waals surface area contributed by atoms with Crippen molar-refractivity contribution in [3.05, 3.63) is 23.4 Å². The molecule has 1 heterocycles. The number of carbonyl (C=O) groups is 1. The van der Waals surface area contributed by atoms with Crippen molar-refractivity contribution in [2.45, 2.75) is 72.0 Å². The van der Waals surface area contributed by atoms with Gasteiger partial charge in [-0.25, -0.2) is 0 Å². The van der Waals surface area contributed by atoms with Gasteiger partial charge in [-0.2, -0.15) is 0 Å². The van der Waals surface area contributed by atoms with Gasteiger partial charge in [0, 0.05) is 11.9 Å². The number of hydrogen-bond acceptors (Lipinski definition) is 5. The maximum Gasteiger partial charge on any atom is 0.498 e. The van der Waals surface area contributed by atoms with Crippen LogP contribution in [0.25, 0.3) is 0 Å². The van der Waals surface area contributed by atoms with E-state index < -0.39 is 18.3 Å². The number of carbonyl (C=O) groups excluding carboxylic acids is 1. The van der Waals surface area contributed by atoms with Gasteiger partial charge in [0.1, 0.15) is 5.76 Å². The Bertz CT molecular complexity index is 539. The summed E-state index contributed by atoms with van der Waals surface area (Å²) in [5, 5.41) is 0. The van der Waals surface area contributed by atoms with Gasteiger partial charge >= 0.3 is 13.1 Å². The third kappa shape index (κ3) is 6.89. The molecule has 0 spiro atoms. The molecule has 0 aliphatic carbocycles. The SMILES string of the molecule is C#CC.CC/C=C(OC)\C(=C/CCC(=O)OC)B1OC(C)(C)C(C)(C)O1. The van der Waals surface area contributed by atoms with Gasteiger partial charge in [0.2, 0.25) is 0 Å². The molecule has 0 unspecified atom stereocenters. The summed E-state index contributed by atoms with van der Waals surface area (Å²) in [5.41, 5.74) is -0.0363. The van der Waals surface area contributed by atoms with Crippen LogP contribution in [0.15, 0.2) is 23.4 Å². The van der Waals surface area contributed by atoms with Crippen molar-refractivity contribution in [2.75, 3.05) is 14.2 Å². The van der Waals surface area contributed by atoms with Crippen LogP contribution in [0.1, 0.15) is 60.8 Å². The second-order valence-corrected chi connectivity index (χ2v) is 6.83. The molecule has 0 radical (unpaired) electrons. The lowest BCUT2D eigenvalue weighted by atomic mass is 9.75. The zero-order valence-corrected chi connectivity index (χ0v) is 17.5. The average molecular weight is 364 g/mol. The minimum atomic E-state index is -0.518. The van der Waals surface area contributed by atoms with Crippen LogP contribution in [0.3, 0.4) is 0 Å². The highest BCUT2D eigenvalue weighted by atomic mass is 16.7. The number of terminal acetylenes is 1. The standard InChI is InChI=1S/C17H29BO5.C3H4/c1-8-10-14(20-6)13(11-9-12-15(19)21-7)18-22-16(2,3)17(4,5)23-18;1-3-2/h10-11H,8-9,12H2,1-7H3;1H,2H3/b13-11+,14-10+;. The lowest BCUT2D eigenvalue weighted by Gasteiger charge is -2.32. The molecule has 1 aliphatic rings. The van der Waals surface area contributed by atoms with Gasteiger partial charge in [0.05, 0.1) is 25.4 Å². The van der Waals surface area contributed by atoms with Crippen LogP contribution >= 0.6 is 0 Å². The van der Waals surface area contributed by atoms with Crippen molar-refractivity contribution in [1.29, 1.82) is 0 Å². The molecule has 0 amide bonds. The van der Waals surface area contributed by atoms with E-state index in [1.165, 1.54) is 7.11 Å². The van der Waals surface area contributed by atoms with E-state index in [2.05, 4.69) is 17.1 Å². The van der Waals surface area contributed by atoms with Crippen LogP contribution in [0.2, 0.25) is 0 Å². The van der Waals surface area contributed by atoms with Crippen molar-refractivity contribution < 1.29 is 23.6 Å². The third-order valence-corrected chi connectivity index (χ3v) is 4.34. The van der Waals surface area contributed by atoms with Gasteiger partial charge in [-0.05, 0) is 53.5 Å². The molecule has 0 saturated carbocycles. The number of allylic oxidation sites excluding steroid dienone is 3. The summed E-state index contributed by atoms with van der Waals surface area (Å²) in [6.07, 6.45) is 10.2. The van der Waals surface area contributed by atoms with Gasteiger partial charge in [0.25, 0.3) is 0 Å². The molecule has 146 valence electrons. The highest BCUT2D eigenvalue weighted by molar-refractivity contribution is 6.56. The van der Waals surface area contributed by atoms with Crippen molar-refractivity contribution in [2.24, 2.45) is 0 Å².